The molecule has 0 spiro atoms. The molecule has 8 heteroatoms. The van der Waals surface area contributed by atoms with E-state index in [9.17, 15) is 9.59 Å². The molecule has 118 valence electrons. The number of rotatable bonds is 6. The van der Waals surface area contributed by atoms with E-state index in [0.29, 0.717) is 17.4 Å². The maximum atomic E-state index is 12.1. The van der Waals surface area contributed by atoms with Crippen LogP contribution >= 0.6 is 11.8 Å². The third-order valence-electron chi connectivity index (χ3n) is 2.75. The Labute approximate surface area is 129 Å². The van der Waals surface area contributed by atoms with Crippen LogP contribution in [0.15, 0.2) is 5.16 Å². The zero-order valence-corrected chi connectivity index (χ0v) is 13.9. The second-order valence-electron chi connectivity index (χ2n) is 4.79. The van der Waals surface area contributed by atoms with Gasteiger partial charge >= 0.3 is 12.0 Å². The van der Waals surface area contributed by atoms with Crippen LogP contribution in [-0.4, -0.2) is 58.1 Å². The number of methoxy groups -OCH3 is 1. The number of carbonyl (C=O) groups is 2. The molecule has 0 radical (unpaired) electrons. The first-order valence-corrected chi connectivity index (χ1v) is 7.70. The smallest absolute Gasteiger partial charge is 0.346 e. The Balaban J connectivity index is 3.00. The molecule has 0 aliphatic rings. The second-order valence-corrected chi connectivity index (χ2v) is 6.09. The third kappa shape index (κ3) is 4.73. The van der Waals surface area contributed by atoms with E-state index in [-0.39, 0.29) is 12.0 Å². The van der Waals surface area contributed by atoms with E-state index in [1.807, 2.05) is 0 Å². The van der Waals surface area contributed by atoms with Crippen molar-refractivity contribution in [3.05, 3.63) is 5.82 Å². The maximum absolute atomic E-state index is 12.1. The van der Waals surface area contributed by atoms with Crippen molar-refractivity contribution in [2.24, 2.45) is 0 Å². The van der Waals surface area contributed by atoms with Gasteiger partial charge in [-0.2, -0.15) is 4.68 Å². The summed E-state index contributed by atoms with van der Waals surface area (Å²) in [6.07, 6.45) is 2.69. The van der Waals surface area contributed by atoms with Gasteiger partial charge in [0.1, 0.15) is 5.25 Å². The van der Waals surface area contributed by atoms with Crippen molar-refractivity contribution in [2.75, 3.05) is 21.2 Å². The van der Waals surface area contributed by atoms with Crippen molar-refractivity contribution in [3.63, 3.8) is 0 Å². The van der Waals surface area contributed by atoms with Gasteiger partial charge in [-0.1, -0.05) is 25.1 Å². The van der Waals surface area contributed by atoms with Crippen LogP contribution in [-0.2, 0) is 16.0 Å². The number of esters is 1. The molecule has 1 heterocycles. The van der Waals surface area contributed by atoms with Gasteiger partial charge in [0.2, 0.25) is 0 Å². The highest BCUT2D eigenvalue weighted by atomic mass is 32.2. The first-order valence-electron chi connectivity index (χ1n) is 6.82. The van der Waals surface area contributed by atoms with E-state index in [2.05, 4.69) is 17.0 Å². The van der Waals surface area contributed by atoms with Gasteiger partial charge in [0, 0.05) is 20.5 Å². The number of hydrogen-bond acceptors (Lipinski definition) is 6. The van der Waals surface area contributed by atoms with E-state index in [0.717, 1.165) is 12.8 Å². The Morgan fingerprint density at radius 1 is 1.43 bits per heavy atom. The number of aromatic nitrogens is 3. The van der Waals surface area contributed by atoms with E-state index < -0.39 is 5.25 Å². The molecule has 1 aromatic heterocycles. The van der Waals surface area contributed by atoms with Crippen LogP contribution in [0.2, 0.25) is 0 Å². The Morgan fingerprint density at radius 3 is 2.62 bits per heavy atom. The first kappa shape index (κ1) is 17.5. The van der Waals surface area contributed by atoms with Gasteiger partial charge in [0.25, 0.3) is 0 Å². The standard InChI is InChI=1S/C13H22N4O3S/c1-6-7-8-10-14-12(21-9(2)11(18)20-5)17(15-10)13(19)16(3)4/h9H,6-8H2,1-5H3. The molecule has 0 aliphatic heterocycles. The zero-order chi connectivity index (χ0) is 16.0. The lowest BCUT2D eigenvalue weighted by atomic mass is 10.2. The second kappa shape index (κ2) is 8.02. The first-order chi connectivity index (χ1) is 9.90. The van der Waals surface area contributed by atoms with E-state index >= 15 is 0 Å². The molecule has 1 atom stereocenters. The largest absolute Gasteiger partial charge is 0.468 e. The Hall–Kier alpha value is -1.57. The molecule has 1 aromatic rings. The fourth-order valence-electron chi connectivity index (χ4n) is 1.54. The average molecular weight is 314 g/mol. The van der Waals surface area contributed by atoms with Crippen molar-refractivity contribution < 1.29 is 14.3 Å². The van der Waals surface area contributed by atoms with Crippen LogP contribution in [0.4, 0.5) is 4.79 Å². The molecule has 1 amide bonds. The van der Waals surface area contributed by atoms with Crippen molar-refractivity contribution in [2.45, 2.75) is 43.5 Å². The zero-order valence-electron chi connectivity index (χ0n) is 13.1. The summed E-state index contributed by atoms with van der Waals surface area (Å²) in [7, 11) is 4.63. The third-order valence-corrected chi connectivity index (χ3v) is 3.78. The Bertz CT molecular complexity index is 502. The minimum atomic E-state index is -0.452. The molecular weight excluding hydrogens is 292 g/mol. The molecule has 1 unspecified atom stereocenters. The average Bonchev–Trinajstić information content (AvgIpc) is 2.85. The fraction of sp³-hybridized carbons (Fsp3) is 0.692. The van der Waals surface area contributed by atoms with Crippen molar-refractivity contribution in [1.82, 2.24) is 19.7 Å². The minimum absolute atomic E-state index is 0.287. The summed E-state index contributed by atoms with van der Waals surface area (Å²) >= 11 is 1.17. The van der Waals surface area contributed by atoms with Crippen LogP contribution in [0, 0.1) is 0 Å². The molecule has 0 aromatic carbocycles. The van der Waals surface area contributed by atoms with Gasteiger partial charge in [-0.3, -0.25) is 4.79 Å². The molecule has 0 fully saturated rings. The summed E-state index contributed by atoms with van der Waals surface area (Å²) in [5, 5.41) is 4.21. The topological polar surface area (TPSA) is 77.3 Å². The van der Waals surface area contributed by atoms with Gasteiger partial charge in [-0.05, 0) is 13.3 Å². The fourth-order valence-corrected chi connectivity index (χ4v) is 2.43. The van der Waals surface area contributed by atoms with Gasteiger partial charge in [0.05, 0.1) is 7.11 Å². The summed E-state index contributed by atoms with van der Waals surface area (Å²) in [5.74, 6) is 0.258. The van der Waals surface area contributed by atoms with Gasteiger partial charge in [-0.25, -0.2) is 9.78 Å². The highest BCUT2D eigenvalue weighted by Gasteiger charge is 2.23. The molecule has 0 saturated heterocycles. The van der Waals surface area contributed by atoms with Gasteiger partial charge < -0.3 is 9.64 Å². The number of aryl methyl sites for hydroxylation is 1. The highest BCUT2D eigenvalue weighted by molar-refractivity contribution is 8.00. The summed E-state index contributed by atoms with van der Waals surface area (Å²) < 4.78 is 5.94. The Morgan fingerprint density at radius 2 is 2.10 bits per heavy atom. The minimum Gasteiger partial charge on any atom is -0.468 e. The lowest BCUT2D eigenvalue weighted by molar-refractivity contribution is -0.139. The molecule has 7 nitrogen and oxygen atoms in total. The lowest BCUT2D eigenvalue weighted by Gasteiger charge is -2.12. The number of nitrogens with zero attached hydrogens (tertiary/aromatic N) is 4. The monoisotopic (exact) mass is 314 g/mol. The van der Waals surface area contributed by atoms with Gasteiger partial charge in [-0.15, -0.1) is 5.10 Å². The molecule has 0 bridgehead atoms. The van der Waals surface area contributed by atoms with Crippen molar-refractivity contribution >= 4 is 23.8 Å². The molecule has 1 rings (SSSR count). The maximum Gasteiger partial charge on any atom is 0.346 e. The van der Waals surface area contributed by atoms with Crippen LogP contribution in [0.1, 0.15) is 32.5 Å². The van der Waals surface area contributed by atoms with E-state index in [1.165, 1.54) is 28.5 Å². The molecule has 0 N–H and O–H groups in total. The van der Waals surface area contributed by atoms with Crippen molar-refractivity contribution in [3.8, 4) is 0 Å². The number of ether oxygens (including phenoxy) is 1. The number of hydrogen-bond donors (Lipinski definition) is 0. The number of amides is 1. The predicted octanol–water partition coefficient (Wildman–Crippen LogP) is 1.80. The lowest BCUT2D eigenvalue weighted by Crippen LogP contribution is -2.29. The molecule has 21 heavy (non-hydrogen) atoms. The quantitative estimate of drug-likeness (QED) is 0.588. The highest BCUT2D eigenvalue weighted by Crippen LogP contribution is 2.23. The van der Waals surface area contributed by atoms with Crippen LogP contribution < -0.4 is 0 Å². The predicted molar refractivity (Wildman–Crippen MR) is 80.5 cm³/mol. The summed E-state index contributed by atoms with van der Waals surface area (Å²) in [5.41, 5.74) is 0. The van der Waals surface area contributed by atoms with Crippen LogP contribution in [0.5, 0.6) is 0 Å². The van der Waals surface area contributed by atoms with Gasteiger partial charge in [0.15, 0.2) is 11.0 Å². The SMILES string of the molecule is CCCCc1nc(SC(C)C(=O)OC)n(C(=O)N(C)C)n1. The van der Waals surface area contributed by atoms with Crippen LogP contribution in [0.25, 0.3) is 0 Å². The summed E-state index contributed by atoms with van der Waals surface area (Å²) in [4.78, 5) is 29.4. The van der Waals surface area contributed by atoms with Crippen LogP contribution in [0.3, 0.4) is 0 Å². The summed E-state index contributed by atoms with van der Waals surface area (Å²) in [6, 6.07) is -0.287. The van der Waals surface area contributed by atoms with E-state index in [1.54, 1.807) is 21.0 Å². The number of thioether (sulfide) groups is 1. The van der Waals surface area contributed by atoms with E-state index in [4.69, 9.17) is 4.74 Å². The number of carbonyl (C=O) groups excluding carboxylic acids is 2. The molecule has 0 aliphatic carbocycles. The Kier molecular flexibility index (Phi) is 6.67. The number of unbranched alkanes of at least 4 members (excludes halogenated alkanes) is 1. The molecular formula is C13H22N4O3S. The normalized spacial score (nSPS) is 12.0. The molecule has 0 saturated carbocycles. The van der Waals surface area contributed by atoms with Crippen molar-refractivity contribution in [1.29, 1.82) is 0 Å². The summed E-state index contributed by atoms with van der Waals surface area (Å²) in [6.45, 7) is 3.79.